The molecule has 106 valence electrons. The lowest BCUT2D eigenvalue weighted by Crippen LogP contribution is -2.46. The Hall–Kier alpha value is -0.650. The van der Waals surface area contributed by atoms with Crippen molar-refractivity contribution in [3.63, 3.8) is 0 Å². The fourth-order valence-electron chi connectivity index (χ4n) is 1.96. The molecule has 0 radical (unpaired) electrons. The van der Waals surface area contributed by atoms with Crippen LogP contribution in [-0.4, -0.2) is 63.3 Å². The largest absolute Gasteiger partial charge is 0.372 e. The third kappa shape index (κ3) is 7.63. The number of hydrogen-bond donors (Lipinski definition) is 2. The Morgan fingerprint density at radius 1 is 1.33 bits per heavy atom. The molecule has 0 unspecified atom stereocenters. The zero-order valence-electron chi connectivity index (χ0n) is 11.5. The van der Waals surface area contributed by atoms with Crippen molar-refractivity contribution in [1.29, 1.82) is 0 Å². The maximum Gasteiger partial charge on any atom is 0.246 e. The lowest BCUT2D eigenvalue weighted by molar-refractivity contribution is -0.125. The van der Waals surface area contributed by atoms with Gasteiger partial charge in [0.25, 0.3) is 0 Å². The van der Waals surface area contributed by atoms with E-state index in [1.54, 1.807) is 0 Å². The van der Waals surface area contributed by atoms with Crippen LogP contribution in [0.2, 0.25) is 0 Å². The second-order valence-electron chi connectivity index (χ2n) is 4.70. The molecule has 1 rings (SSSR count). The molecular weight excluding hydrogens is 230 g/mol. The molecule has 5 heteroatoms. The molecule has 0 bridgehead atoms. The van der Waals surface area contributed by atoms with Crippen LogP contribution in [0.4, 0.5) is 0 Å². The summed E-state index contributed by atoms with van der Waals surface area (Å²) in [7, 11) is 0. The number of piperazine rings is 1. The summed E-state index contributed by atoms with van der Waals surface area (Å²) in [5.41, 5.74) is 0. The lowest BCUT2D eigenvalue weighted by atomic mass is 10.3. The van der Waals surface area contributed by atoms with Crippen LogP contribution in [0.25, 0.3) is 0 Å². The van der Waals surface area contributed by atoms with Crippen molar-refractivity contribution in [3.8, 4) is 0 Å². The molecular formula is C13H27N3O2. The van der Waals surface area contributed by atoms with E-state index in [1.165, 1.54) is 12.8 Å². The highest BCUT2D eigenvalue weighted by Gasteiger charge is 2.09. The second-order valence-corrected chi connectivity index (χ2v) is 4.70. The third-order valence-electron chi connectivity index (χ3n) is 3.09. The van der Waals surface area contributed by atoms with Crippen molar-refractivity contribution in [1.82, 2.24) is 15.5 Å². The van der Waals surface area contributed by atoms with Gasteiger partial charge in [-0.25, -0.2) is 0 Å². The minimum Gasteiger partial charge on any atom is -0.372 e. The maximum absolute atomic E-state index is 11.5. The lowest BCUT2D eigenvalue weighted by Gasteiger charge is -2.27. The summed E-state index contributed by atoms with van der Waals surface area (Å²) < 4.78 is 5.30. The molecule has 2 N–H and O–H groups in total. The van der Waals surface area contributed by atoms with Crippen molar-refractivity contribution in [2.45, 2.75) is 26.2 Å². The average molecular weight is 257 g/mol. The van der Waals surface area contributed by atoms with Gasteiger partial charge >= 0.3 is 0 Å². The van der Waals surface area contributed by atoms with Gasteiger partial charge in [-0.2, -0.15) is 0 Å². The zero-order chi connectivity index (χ0) is 13.1. The van der Waals surface area contributed by atoms with Crippen molar-refractivity contribution >= 4 is 5.91 Å². The van der Waals surface area contributed by atoms with E-state index in [-0.39, 0.29) is 12.5 Å². The predicted octanol–water partition coefficient (Wildman–Crippen LogP) is 0.215. The Kier molecular flexibility index (Phi) is 8.81. The fourth-order valence-corrected chi connectivity index (χ4v) is 1.96. The van der Waals surface area contributed by atoms with Gasteiger partial charge in [0.1, 0.15) is 6.61 Å². The van der Waals surface area contributed by atoms with E-state index in [0.29, 0.717) is 6.61 Å². The van der Waals surface area contributed by atoms with Gasteiger partial charge in [0, 0.05) is 45.9 Å². The summed E-state index contributed by atoms with van der Waals surface area (Å²) in [6.07, 6.45) is 3.40. The minimum absolute atomic E-state index is 0.00151. The molecule has 0 aromatic heterocycles. The first-order chi connectivity index (χ1) is 8.83. The summed E-state index contributed by atoms with van der Waals surface area (Å²) >= 11 is 0. The Morgan fingerprint density at radius 3 is 2.83 bits per heavy atom. The van der Waals surface area contributed by atoms with Gasteiger partial charge in [0.05, 0.1) is 0 Å². The van der Waals surface area contributed by atoms with E-state index in [0.717, 1.165) is 45.7 Å². The summed E-state index contributed by atoms with van der Waals surface area (Å²) in [4.78, 5) is 13.8. The predicted molar refractivity (Wildman–Crippen MR) is 72.7 cm³/mol. The van der Waals surface area contributed by atoms with E-state index < -0.39 is 0 Å². The number of unbranched alkanes of at least 4 members (excludes halogenated alkanes) is 2. The van der Waals surface area contributed by atoms with Crippen molar-refractivity contribution in [2.24, 2.45) is 0 Å². The van der Waals surface area contributed by atoms with Crippen LogP contribution in [-0.2, 0) is 9.53 Å². The molecule has 0 spiro atoms. The average Bonchev–Trinajstić information content (AvgIpc) is 2.40. The standard InChI is InChI=1S/C13H27N3O2/c1-2-3-4-11-18-12-13(17)15-7-10-16-8-5-14-6-9-16/h14H,2-12H2,1H3,(H,15,17). The topological polar surface area (TPSA) is 53.6 Å². The smallest absolute Gasteiger partial charge is 0.246 e. The van der Waals surface area contributed by atoms with E-state index in [4.69, 9.17) is 4.74 Å². The first-order valence-electron chi connectivity index (χ1n) is 7.10. The van der Waals surface area contributed by atoms with Gasteiger partial charge < -0.3 is 15.4 Å². The number of carbonyl (C=O) groups is 1. The zero-order valence-corrected chi connectivity index (χ0v) is 11.5. The van der Waals surface area contributed by atoms with E-state index >= 15 is 0 Å². The van der Waals surface area contributed by atoms with Crippen LogP contribution in [0.1, 0.15) is 26.2 Å². The molecule has 0 aliphatic carbocycles. The van der Waals surface area contributed by atoms with E-state index in [2.05, 4.69) is 22.5 Å². The van der Waals surface area contributed by atoms with Gasteiger partial charge in [-0.3, -0.25) is 9.69 Å². The molecule has 1 aliphatic heterocycles. The highest BCUT2D eigenvalue weighted by Crippen LogP contribution is 1.94. The summed E-state index contributed by atoms with van der Waals surface area (Å²) in [6.45, 7) is 8.95. The van der Waals surface area contributed by atoms with Gasteiger partial charge in [0.15, 0.2) is 0 Å². The molecule has 5 nitrogen and oxygen atoms in total. The van der Waals surface area contributed by atoms with Crippen LogP contribution in [0.15, 0.2) is 0 Å². The Bertz CT molecular complexity index is 218. The van der Waals surface area contributed by atoms with Crippen LogP contribution < -0.4 is 10.6 Å². The Labute approximate surface area is 110 Å². The van der Waals surface area contributed by atoms with E-state index in [9.17, 15) is 4.79 Å². The van der Waals surface area contributed by atoms with Crippen molar-refractivity contribution in [2.75, 3.05) is 52.5 Å². The van der Waals surface area contributed by atoms with Crippen molar-refractivity contribution < 1.29 is 9.53 Å². The van der Waals surface area contributed by atoms with E-state index in [1.807, 2.05) is 0 Å². The monoisotopic (exact) mass is 257 g/mol. The molecule has 1 fully saturated rings. The molecule has 1 heterocycles. The van der Waals surface area contributed by atoms with Crippen LogP contribution in [0.3, 0.4) is 0 Å². The number of rotatable bonds is 9. The number of nitrogens with one attached hydrogen (secondary N) is 2. The molecule has 1 aliphatic rings. The molecule has 1 saturated heterocycles. The molecule has 0 aromatic carbocycles. The highest BCUT2D eigenvalue weighted by molar-refractivity contribution is 5.77. The van der Waals surface area contributed by atoms with Crippen LogP contribution >= 0.6 is 0 Å². The van der Waals surface area contributed by atoms with Gasteiger partial charge in [0.2, 0.25) is 5.91 Å². The molecule has 18 heavy (non-hydrogen) atoms. The number of ether oxygens (including phenoxy) is 1. The SMILES string of the molecule is CCCCCOCC(=O)NCCN1CCNCC1. The highest BCUT2D eigenvalue weighted by atomic mass is 16.5. The molecule has 1 amide bonds. The number of carbonyl (C=O) groups excluding carboxylic acids is 1. The van der Waals surface area contributed by atoms with Gasteiger partial charge in [-0.05, 0) is 6.42 Å². The van der Waals surface area contributed by atoms with Gasteiger partial charge in [-0.15, -0.1) is 0 Å². The maximum atomic E-state index is 11.5. The summed E-state index contributed by atoms with van der Waals surface area (Å²) in [5.74, 6) is 0.00151. The van der Waals surface area contributed by atoms with Crippen LogP contribution in [0.5, 0.6) is 0 Å². The normalized spacial score (nSPS) is 16.7. The molecule has 0 aromatic rings. The Morgan fingerprint density at radius 2 is 2.11 bits per heavy atom. The van der Waals surface area contributed by atoms with Crippen molar-refractivity contribution in [3.05, 3.63) is 0 Å². The number of amides is 1. The number of nitrogens with zero attached hydrogens (tertiary/aromatic N) is 1. The van der Waals surface area contributed by atoms with Crippen LogP contribution in [0, 0.1) is 0 Å². The first kappa shape index (κ1) is 15.4. The quantitative estimate of drug-likeness (QED) is 0.580. The number of hydrogen-bond acceptors (Lipinski definition) is 4. The Balaban J connectivity index is 1.89. The third-order valence-corrected chi connectivity index (χ3v) is 3.09. The first-order valence-corrected chi connectivity index (χ1v) is 7.10. The molecule has 0 saturated carbocycles. The summed E-state index contributed by atoms with van der Waals surface area (Å²) in [5, 5.41) is 6.20. The summed E-state index contributed by atoms with van der Waals surface area (Å²) in [6, 6.07) is 0. The fraction of sp³-hybridized carbons (Fsp3) is 0.923. The second kappa shape index (κ2) is 10.3. The van der Waals surface area contributed by atoms with Gasteiger partial charge in [-0.1, -0.05) is 19.8 Å². The minimum atomic E-state index is 0.00151. The molecule has 0 atom stereocenters.